The van der Waals surface area contributed by atoms with Crippen molar-refractivity contribution in [3.05, 3.63) is 34.9 Å². The Balaban J connectivity index is 2.84. The normalized spacial score (nSPS) is 12.4. The lowest BCUT2D eigenvalue weighted by Gasteiger charge is -2.15. The van der Waals surface area contributed by atoms with Crippen molar-refractivity contribution in [2.45, 2.75) is 39.2 Å². The highest BCUT2D eigenvalue weighted by atomic mass is 16.4. The van der Waals surface area contributed by atoms with Crippen molar-refractivity contribution >= 4 is 5.97 Å². The molecule has 0 fully saturated rings. The molecule has 16 heavy (non-hydrogen) atoms. The van der Waals surface area contributed by atoms with Crippen LogP contribution in [0.15, 0.2) is 18.2 Å². The summed E-state index contributed by atoms with van der Waals surface area (Å²) in [5.74, 6) is -0.791. The van der Waals surface area contributed by atoms with Crippen molar-refractivity contribution in [2.75, 3.05) is 0 Å². The first-order valence-corrected chi connectivity index (χ1v) is 5.61. The second-order valence-corrected chi connectivity index (χ2v) is 4.09. The van der Waals surface area contributed by atoms with Crippen LogP contribution in [0.3, 0.4) is 0 Å². The fourth-order valence-corrected chi connectivity index (χ4v) is 1.82. The minimum absolute atomic E-state index is 0.123. The van der Waals surface area contributed by atoms with Crippen molar-refractivity contribution in [3.63, 3.8) is 0 Å². The molecule has 1 atom stereocenters. The summed E-state index contributed by atoms with van der Waals surface area (Å²) >= 11 is 0. The van der Waals surface area contributed by atoms with E-state index in [4.69, 9.17) is 10.8 Å². The Morgan fingerprint density at radius 2 is 2.19 bits per heavy atom. The molecule has 0 saturated carbocycles. The van der Waals surface area contributed by atoms with Crippen molar-refractivity contribution in [1.29, 1.82) is 0 Å². The lowest BCUT2D eigenvalue weighted by atomic mass is 9.94. The number of carbonyl (C=O) groups is 1. The highest BCUT2D eigenvalue weighted by Gasteiger charge is 2.11. The lowest BCUT2D eigenvalue weighted by Crippen LogP contribution is -2.14. The van der Waals surface area contributed by atoms with E-state index in [-0.39, 0.29) is 12.5 Å². The van der Waals surface area contributed by atoms with Crippen molar-refractivity contribution < 1.29 is 9.90 Å². The van der Waals surface area contributed by atoms with Gasteiger partial charge in [-0.05, 0) is 30.9 Å². The van der Waals surface area contributed by atoms with Gasteiger partial charge in [0.2, 0.25) is 0 Å². The van der Waals surface area contributed by atoms with Gasteiger partial charge in [0.05, 0.1) is 0 Å². The number of hydrogen-bond donors (Lipinski definition) is 2. The molecule has 0 aromatic heterocycles. The van der Waals surface area contributed by atoms with Gasteiger partial charge in [-0.1, -0.05) is 30.7 Å². The van der Waals surface area contributed by atoms with Crippen LogP contribution in [0.4, 0.5) is 0 Å². The average molecular weight is 221 g/mol. The van der Waals surface area contributed by atoms with Crippen LogP contribution in [-0.4, -0.2) is 11.1 Å². The fourth-order valence-electron chi connectivity index (χ4n) is 1.82. The molecule has 1 aromatic carbocycles. The largest absolute Gasteiger partial charge is 0.481 e. The van der Waals surface area contributed by atoms with Gasteiger partial charge in [0, 0.05) is 12.5 Å². The highest BCUT2D eigenvalue weighted by molar-refractivity contribution is 5.66. The Hall–Kier alpha value is -1.35. The summed E-state index contributed by atoms with van der Waals surface area (Å²) in [4.78, 5) is 10.5. The number of benzene rings is 1. The molecule has 0 heterocycles. The Bertz CT molecular complexity index is 374. The van der Waals surface area contributed by atoms with Gasteiger partial charge in [0.25, 0.3) is 0 Å². The number of hydrogen-bond acceptors (Lipinski definition) is 2. The van der Waals surface area contributed by atoms with Crippen LogP contribution in [0.5, 0.6) is 0 Å². The van der Waals surface area contributed by atoms with Gasteiger partial charge in [-0.15, -0.1) is 0 Å². The van der Waals surface area contributed by atoms with E-state index in [0.29, 0.717) is 6.42 Å². The van der Waals surface area contributed by atoms with Crippen LogP contribution >= 0.6 is 0 Å². The summed E-state index contributed by atoms with van der Waals surface area (Å²) in [6, 6.07) is 6.02. The molecule has 1 rings (SSSR count). The Morgan fingerprint density at radius 1 is 1.50 bits per heavy atom. The van der Waals surface area contributed by atoms with E-state index < -0.39 is 5.97 Å². The second kappa shape index (κ2) is 5.66. The van der Waals surface area contributed by atoms with Crippen molar-refractivity contribution in [3.8, 4) is 0 Å². The summed E-state index contributed by atoms with van der Waals surface area (Å²) in [6.45, 7) is 4.10. The summed E-state index contributed by atoms with van der Waals surface area (Å²) in [5.41, 5.74) is 9.49. The fraction of sp³-hybridized carbons (Fsp3) is 0.462. The van der Waals surface area contributed by atoms with Gasteiger partial charge in [-0.25, -0.2) is 0 Å². The van der Waals surface area contributed by atoms with Gasteiger partial charge in [0.1, 0.15) is 0 Å². The van der Waals surface area contributed by atoms with Crippen LogP contribution in [0.2, 0.25) is 0 Å². The standard InChI is InChI=1S/C13H19NO2/c1-3-10-5-4-9(2)8-11(10)12(14)6-7-13(15)16/h4-5,8,12H,3,6-7,14H2,1-2H3,(H,15,16). The summed E-state index contributed by atoms with van der Waals surface area (Å²) in [7, 11) is 0. The molecule has 1 aromatic rings. The molecule has 3 heteroatoms. The maximum atomic E-state index is 10.5. The maximum absolute atomic E-state index is 10.5. The zero-order chi connectivity index (χ0) is 12.1. The molecule has 3 N–H and O–H groups in total. The molecule has 0 aliphatic rings. The van der Waals surface area contributed by atoms with Crippen LogP contribution < -0.4 is 5.73 Å². The van der Waals surface area contributed by atoms with Crippen molar-refractivity contribution in [1.82, 2.24) is 0 Å². The molecule has 0 radical (unpaired) electrons. The van der Waals surface area contributed by atoms with Crippen LogP contribution in [0.25, 0.3) is 0 Å². The lowest BCUT2D eigenvalue weighted by molar-refractivity contribution is -0.137. The number of aliphatic carboxylic acids is 1. The third kappa shape index (κ3) is 3.35. The number of aryl methyl sites for hydroxylation is 2. The smallest absolute Gasteiger partial charge is 0.303 e. The van der Waals surface area contributed by atoms with Gasteiger partial charge in [0.15, 0.2) is 0 Å². The van der Waals surface area contributed by atoms with Crippen LogP contribution in [0.1, 0.15) is 42.5 Å². The predicted molar refractivity (Wildman–Crippen MR) is 64.4 cm³/mol. The molecule has 0 aliphatic carbocycles. The van der Waals surface area contributed by atoms with E-state index in [9.17, 15) is 4.79 Å². The average Bonchev–Trinajstić information content (AvgIpc) is 2.25. The number of carboxylic acid groups (broad SMARTS) is 1. The van der Waals surface area contributed by atoms with E-state index in [1.165, 1.54) is 5.56 Å². The minimum Gasteiger partial charge on any atom is -0.481 e. The highest BCUT2D eigenvalue weighted by Crippen LogP contribution is 2.22. The van der Waals surface area contributed by atoms with Gasteiger partial charge in [-0.2, -0.15) is 0 Å². The van der Waals surface area contributed by atoms with Gasteiger partial charge in [-0.3, -0.25) is 4.79 Å². The Labute approximate surface area is 96.3 Å². The second-order valence-electron chi connectivity index (χ2n) is 4.09. The van der Waals surface area contributed by atoms with Gasteiger partial charge >= 0.3 is 5.97 Å². The first-order chi connectivity index (χ1) is 7.54. The summed E-state index contributed by atoms with van der Waals surface area (Å²) < 4.78 is 0. The molecule has 88 valence electrons. The number of rotatable bonds is 5. The van der Waals surface area contributed by atoms with Crippen LogP contribution in [-0.2, 0) is 11.2 Å². The first-order valence-electron chi connectivity index (χ1n) is 5.61. The Morgan fingerprint density at radius 3 is 2.75 bits per heavy atom. The zero-order valence-corrected chi connectivity index (χ0v) is 9.86. The van der Waals surface area contributed by atoms with E-state index in [2.05, 4.69) is 25.1 Å². The third-order valence-electron chi connectivity index (χ3n) is 2.75. The molecular formula is C13H19NO2. The van der Waals surface area contributed by atoms with E-state index in [1.807, 2.05) is 6.92 Å². The minimum atomic E-state index is -0.791. The quantitative estimate of drug-likeness (QED) is 0.802. The molecule has 0 amide bonds. The third-order valence-corrected chi connectivity index (χ3v) is 2.75. The molecular weight excluding hydrogens is 202 g/mol. The maximum Gasteiger partial charge on any atom is 0.303 e. The molecule has 0 saturated heterocycles. The molecule has 3 nitrogen and oxygen atoms in total. The van der Waals surface area contributed by atoms with E-state index in [0.717, 1.165) is 17.5 Å². The number of nitrogens with two attached hydrogens (primary N) is 1. The number of carboxylic acids is 1. The Kier molecular flexibility index (Phi) is 4.50. The monoisotopic (exact) mass is 221 g/mol. The van der Waals surface area contributed by atoms with E-state index in [1.54, 1.807) is 0 Å². The SMILES string of the molecule is CCc1ccc(C)cc1C(N)CCC(=O)O. The zero-order valence-electron chi connectivity index (χ0n) is 9.86. The van der Waals surface area contributed by atoms with Crippen LogP contribution in [0, 0.1) is 6.92 Å². The van der Waals surface area contributed by atoms with E-state index >= 15 is 0 Å². The van der Waals surface area contributed by atoms with Crippen molar-refractivity contribution in [2.24, 2.45) is 5.73 Å². The molecule has 0 aliphatic heterocycles. The summed E-state index contributed by atoms with van der Waals surface area (Å²) in [5, 5.41) is 8.63. The predicted octanol–water partition coefficient (Wildman–Crippen LogP) is 2.42. The molecule has 0 spiro atoms. The van der Waals surface area contributed by atoms with Gasteiger partial charge < -0.3 is 10.8 Å². The molecule has 1 unspecified atom stereocenters. The summed E-state index contributed by atoms with van der Waals surface area (Å²) in [6.07, 6.45) is 1.54. The topological polar surface area (TPSA) is 63.3 Å². The molecule has 0 bridgehead atoms. The first kappa shape index (κ1) is 12.7.